The molecule has 0 atom stereocenters. The lowest BCUT2D eigenvalue weighted by Crippen LogP contribution is -2.40. The van der Waals surface area contributed by atoms with E-state index in [1.54, 1.807) is 17.7 Å². The maximum absolute atomic E-state index is 4.76. The molecule has 3 aromatic rings. The third-order valence-corrected chi connectivity index (χ3v) is 6.22. The van der Waals surface area contributed by atoms with E-state index in [4.69, 9.17) is 4.99 Å². The molecule has 2 aromatic heterocycles. The second-order valence-electron chi connectivity index (χ2n) is 6.37. The molecule has 3 rings (SSSR count). The number of thiophene rings is 1. The molecule has 2 N–H and O–H groups in total. The van der Waals surface area contributed by atoms with E-state index in [1.807, 2.05) is 17.8 Å². The van der Waals surface area contributed by atoms with Crippen molar-refractivity contribution in [3.05, 3.63) is 64.9 Å². The largest absolute Gasteiger partial charge is 0.356 e. The molecule has 1 aromatic carbocycles. The normalized spacial score (nSPS) is 11.6. The average Bonchev–Trinajstić information content (AvgIpc) is 3.43. The number of hydrogen-bond donors (Lipinski definition) is 2. The Hall–Kier alpha value is -2.32. The van der Waals surface area contributed by atoms with Gasteiger partial charge in [-0.15, -0.1) is 33.3 Å². The number of benzene rings is 1. The second kappa shape index (κ2) is 12.3. The highest BCUT2D eigenvalue weighted by molar-refractivity contribution is 7.99. The number of aromatic nitrogens is 3. The van der Waals surface area contributed by atoms with Crippen molar-refractivity contribution >= 4 is 29.1 Å². The van der Waals surface area contributed by atoms with Crippen molar-refractivity contribution in [3.63, 3.8) is 0 Å². The van der Waals surface area contributed by atoms with Crippen LogP contribution in [0.2, 0.25) is 0 Å². The molecule has 0 amide bonds. The molecule has 0 spiro atoms. The van der Waals surface area contributed by atoms with Gasteiger partial charge in [-0.1, -0.05) is 31.2 Å². The van der Waals surface area contributed by atoms with Crippen LogP contribution in [0, 0.1) is 0 Å². The van der Waals surface area contributed by atoms with Crippen LogP contribution in [-0.2, 0) is 19.4 Å². The smallest absolute Gasteiger partial charge is 0.191 e. The van der Waals surface area contributed by atoms with Gasteiger partial charge in [-0.3, -0.25) is 4.99 Å². The molecule has 154 valence electrons. The Labute approximate surface area is 180 Å². The highest BCUT2D eigenvalue weighted by Gasteiger charge is 2.03. The molecule has 0 saturated carbocycles. The topological polar surface area (TPSA) is 67.1 Å². The maximum Gasteiger partial charge on any atom is 0.191 e. The van der Waals surface area contributed by atoms with E-state index in [9.17, 15) is 0 Å². The molecule has 29 heavy (non-hydrogen) atoms. The summed E-state index contributed by atoms with van der Waals surface area (Å²) in [6, 6.07) is 14.7. The zero-order chi connectivity index (χ0) is 20.2. The zero-order valence-corrected chi connectivity index (χ0v) is 18.4. The number of aliphatic imine (C=N–C) groups is 1. The van der Waals surface area contributed by atoms with Gasteiger partial charge >= 0.3 is 0 Å². The number of guanidine groups is 1. The quantitative estimate of drug-likeness (QED) is 0.212. The summed E-state index contributed by atoms with van der Waals surface area (Å²) in [5, 5.41) is 17.2. The first kappa shape index (κ1) is 21.4. The van der Waals surface area contributed by atoms with E-state index in [2.05, 4.69) is 74.1 Å². The molecule has 0 saturated heterocycles. The average molecular weight is 429 g/mol. The number of hydrogen-bond acceptors (Lipinski definition) is 5. The molecule has 8 heteroatoms. The van der Waals surface area contributed by atoms with Crippen molar-refractivity contribution in [1.29, 1.82) is 0 Å². The molecule has 0 aliphatic carbocycles. The van der Waals surface area contributed by atoms with Crippen LogP contribution in [0.5, 0.6) is 0 Å². The summed E-state index contributed by atoms with van der Waals surface area (Å²) in [5.74, 6) is 2.86. The molecule has 0 radical (unpaired) electrons. The van der Waals surface area contributed by atoms with E-state index < -0.39 is 0 Å². The first-order chi connectivity index (χ1) is 14.3. The number of nitrogens with one attached hydrogen (secondary N) is 2. The van der Waals surface area contributed by atoms with Gasteiger partial charge in [0.25, 0.3) is 0 Å². The van der Waals surface area contributed by atoms with Gasteiger partial charge in [0, 0.05) is 54.5 Å². The minimum absolute atomic E-state index is 0.772. The van der Waals surface area contributed by atoms with Crippen molar-refractivity contribution in [2.24, 2.45) is 4.99 Å². The van der Waals surface area contributed by atoms with Gasteiger partial charge in [0.2, 0.25) is 0 Å². The fourth-order valence-corrected chi connectivity index (χ4v) is 4.28. The number of rotatable bonds is 11. The Morgan fingerprint density at radius 2 is 2.00 bits per heavy atom. The van der Waals surface area contributed by atoms with Crippen LogP contribution in [0.15, 0.2) is 64.1 Å². The Morgan fingerprint density at radius 1 is 1.14 bits per heavy atom. The third-order valence-electron chi connectivity index (χ3n) is 4.27. The molecular weight excluding hydrogens is 400 g/mol. The van der Waals surface area contributed by atoms with Gasteiger partial charge < -0.3 is 15.2 Å². The number of aryl methyl sites for hydroxylation is 1. The van der Waals surface area contributed by atoms with Gasteiger partial charge in [0.05, 0.1) is 0 Å². The van der Waals surface area contributed by atoms with E-state index in [0.29, 0.717) is 0 Å². The van der Waals surface area contributed by atoms with Crippen LogP contribution in [0.3, 0.4) is 0 Å². The van der Waals surface area contributed by atoms with Gasteiger partial charge in [-0.2, -0.15) is 0 Å². The Morgan fingerprint density at radius 3 is 2.79 bits per heavy atom. The lowest BCUT2D eigenvalue weighted by atomic mass is 10.3. The summed E-state index contributed by atoms with van der Waals surface area (Å²) in [5.41, 5.74) is 0. The summed E-state index contributed by atoms with van der Waals surface area (Å²) in [4.78, 5) is 7.41. The third kappa shape index (κ3) is 7.55. The highest BCUT2D eigenvalue weighted by Crippen LogP contribution is 2.15. The summed E-state index contributed by atoms with van der Waals surface area (Å²) in [6.07, 6.45) is 3.64. The predicted molar refractivity (Wildman–Crippen MR) is 123 cm³/mol. The summed E-state index contributed by atoms with van der Waals surface area (Å²) in [6.45, 7) is 5.32. The highest BCUT2D eigenvalue weighted by atomic mass is 32.2. The van der Waals surface area contributed by atoms with Gasteiger partial charge in [-0.25, -0.2) is 0 Å². The predicted octanol–water partition coefficient (Wildman–Crippen LogP) is 3.47. The van der Waals surface area contributed by atoms with Crippen molar-refractivity contribution in [2.75, 3.05) is 25.4 Å². The van der Waals surface area contributed by atoms with Crippen LogP contribution >= 0.6 is 23.1 Å². The molecule has 6 nitrogen and oxygen atoms in total. The first-order valence-electron chi connectivity index (χ1n) is 9.94. The zero-order valence-electron chi connectivity index (χ0n) is 16.8. The van der Waals surface area contributed by atoms with Crippen LogP contribution in [0.1, 0.15) is 17.6 Å². The number of nitrogens with zero attached hydrogens (tertiary/aromatic N) is 4. The van der Waals surface area contributed by atoms with Crippen molar-refractivity contribution in [2.45, 2.75) is 31.2 Å². The van der Waals surface area contributed by atoms with Crippen molar-refractivity contribution in [1.82, 2.24) is 25.4 Å². The maximum atomic E-state index is 4.76. The van der Waals surface area contributed by atoms with Crippen LogP contribution < -0.4 is 10.6 Å². The molecule has 0 aliphatic heterocycles. The molecule has 0 fully saturated rings. The lowest BCUT2D eigenvalue weighted by molar-refractivity contribution is 0.633. The van der Waals surface area contributed by atoms with Gasteiger partial charge in [0.15, 0.2) is 5.96 Å². The van der Waals surface area contributed by atoms with Crippen LogP contribution in [0.25, 0.3) is 0 Å². The molecular formula is C21H28N6S2. The van der Waals surface area contributed by atoms with E-state index in [1.165, 1.54) is 9.77 Å². The minimum Gasteiger partial charge on any atom is -0.356 e. The van der Waals surface area contributed by atoms with Crippen molar-refractivity contribution in [3.8, 4) is 0 Å². The van der Waals surface area contributed by atoms with Crippen molar-refractivity contribution < 1.29 is 0 Å². The SMILES string of the molecule is CCc1nncn1CCNC(=NCCc1cccs1)NCCSc1ccccc1. The van der Waals surface area contributed by atoms with E-state index >= 15 is 0 Å². The minimum atomic E-state index is 0.772. The summed E-state index contributed by atoms with van der Waals surface area (Å²) in [7, 11) is 0. The standard InChI is InChI=1S/C21H28N6S2/c1-2-20-26-25-17-27(20)14-12-23-21(22-11-10-19-9-6-15-28-19)24-13-16-29-18-7-4-3-5-8-18/h3-9,15,17H,2,10-14,16H2,1H3,(H2,22,23,24). The molecule has 0 aliphatic rings. The first-order valence-corrected chi connectivity index (χ1v) is 11.8. The van der Waals surface area contributed by atoms with Crippen LogP contribution in [-0.4, -0.2) is 46.1 Å². The molecule has 2 heterocycles. The fraction of sp³-hybridized carbons (Fsp3) is 0.381. The monoisotopic (exact) mass is 428 g/mol. The number of thioether (sulfide) groups is 1. The lowest BCUT2D eigenvalue weighted by Gasteiger charge is -2.13. The fourth-order valence-electron chi connectivity index (χ4n) is 2.80. The molecule has 0 unspecified atom stereocenters. The Kier molecular flexibility index (Phi) is 9.06. The summed E-state index contributed by atoms with van der Waals surface area (Å²) >= 11 is 3.63. The van der Waals surface area contributed by atoms with E-state index in [0.717, 1.165) is 56.6 Å². The van der Waals surface area contributed by atoms with Crippen LogP contribution in [0.4, 0.5) is 0 Å². The van der Waals surface area contributed by atoms with E-state index in [-0.39, 0.29) is 0 Å². The summed E-state index contributed by atoms with van der Waals surface area (Å²) < 4.78 is 2.08. The van der Waals surface area contributed by atoms with Gasteiger partial charge in [0.1, 0.15) is 12.2 Å². The molecule has 0 bridgehead atoms. The Balaban J connectivity index is 1.46. The second-order valence-corrected chi connectivity index (χ2v) is 8.57. The Bertz CT molecular complexity index is 845. The van der Waals surface area contributed by atoms with Gasteiger partial charge in [-0.05, 0) is 23.6 Å².